The number of benzene rings is 1. The molecule has 1 aromatic heterocycles. The van der Waals surface area contributed by atoms with E-state index in [1.54, 1.807) is 0 Å². The predicted molar refractivity (Wildman–Crippen MR) is 66.4 cm³/mol. The Morgan fingerprint density at radius 2 is 1.80 bits per heavy atom. The minimum absolute atomic E-state index is 0.459. The molecule has 0 saturated carbocycles. The van der Waals surface area contributed by atoms with Crippen LogP contribution in [0, 0.1) is 0 Å². The molecule has 15 heavy (non-hydrogen) atoms. The molecule has 0 saturated heterocycles. The molecule has 0 spiro atoms. The molecule has 0 aliphatic carbocycles. The van der Waals surface area contributed by atoms with Gasteiger partial charge in [-0.2, -0.15) is 0 Å². The third kappa shape index (κ3) is 2.07. The molecule has 0 aliphatic rings. The molecule has 2 rings (SSSR count). The van der Waals surface area contributed by atoms with Crippen molar-refractivity contribution in [2.45, 2.75) is 12.5 Å². The highest BCUT2D eigenvalue weighted by Crippen LogP contribution is 2.33. The quantitative estimate of drug-likeness (QED) is 0.848. The molecule has 2 N–H and O–H groups in total. The summed E-state index contributed by atoms with van der Waals surface area (Å²) in [4.78, 5) is 1.08. The molecule has 2 aromatic rings. The average Bonchev–Trinajstić information content (AvgIpc) is 2.67. The molecule has 0 radical (unpaired) electrons. The maximum Gasteiger partial charge on any atom is 0.0932 e. The highest BCUT2D eigenvalue weighted by atomic mass is 35.5. The summed E-state index contributed by atoms with van der Waals surface area (Å²) in [6.07, 6.45) is 0. The van der Waals surface area contributed by atoms with E-state index in [1.807, 2.05) is 49.4 Å². The molecular formula is C12H12ClNS. The van der Waals surface area contributed by atoms with Crippen LogP contribution in [0.4, 0.5) is 0 Å². The number of nitrogens with two attached hydrogens (primary N) is 1. The number of thiophene rings is 1. The van der Waals surface area contributed by atoms with Crippen LogP contribution >= 0.6 is 22.9 Å². The minimum atomic E-state index is -0.459. The Balaban J connectivity index is 2.43. The van der Waals surface area contributed by atoms with Crippen molar-refractivity contribution in [3.8, 4) is 0 Å². The second-order valence-electron chi connectivity index (χ2n) is 3.67. The van der Waals surface area contributed by atoms with Crippen LogP contribution in [0.5, 0.6) is 0 Å². The first-order valence-corrected chi connectivity index (χ1v) is 5.90. The van der Waals surface area contributed by atoms with Crippen LogP contribution in [0.2, 0.25) is 4.34 Å². The molecule has 1 unspecified atom stereocenters. The van der Waals surface area contributed by atoms with Gasteiger partial charge in [-0.25, -0.2) is 0 Å². The Labute approximate surface area is 98.5 Å². The van der Waals surface area contributed by atoms with E-state index in [1.165, 1.54) is 11.3 Å². The summed E-state index contributed by atoms with van der Waals surface area (Å²) in [7, 11) is 0. The molecule has 1 nitrogen and oxygen atoms in total. The van der Waals surface area contributed by atoms with Crippen molar-refractivity contribution in [1.29, 1.82) is 0 Å². The van der Waals surface area contributed by atoms with Gasteiger partial charge in [-0.3, -0.25) is 0 Å². The summed E-state index contributed by atoms with van der Waals surface area (Å²) in [6.45, 7) is 2.00. The Morgan fingerprint density at radius 3 is 2.33 bits per heavy atom. The van der Waals surface area contributed by atoms with Gasteiger partial charge in [-0.05, 0) is 24.6 Å². The van der Waals surface area contributed by atoms with Crippen LogP contribution < -0.4 is 5.73 Å². The van der Waals surface area contributed by atoms with Gasteiger partial charge in [0.1, 0.15) is 0 Å². The highest BCUT2D eigenvalue weighted by molar-refractivity contribution is 7.16. The standard InChI is InChI=1S/C12H12ClNS/c1-12(14,9-5-3-2-4-6-9)10-7-8-11(13)15-10/h2-8H,14H2,1H3. The van der Waals surface area contributed by atoms with Gasteiger partial charge in [0.05, 0.1) is 9.88 Å². The Kier molecular flexibility index (Phi) is 2.83. The topological polar surface area (TPSA) is 26.0 Å². The van der Waals surface area contributed by atoms with E-state index in [-0.39, 0.29) is 0 Å². The zero-order valence-electron chi connectivity index (χ0n) is 8.41. The molecule has 1 atom stereocenters. The van der Waals surface area contributed by atoms with Crippen LogP contribution in [-0.4, -0.2) is 0 Å². The van der Waals surface area contributed by atoms with Crippen molar-refractivity contribution in [3.05, 3.63) is 57.2 Å². The number of halogens is 1. The zero-order valence-corrected chi connectivity index (χ0v) is 9.98. The third-order valence-electron chi connectivity index (χ3n) is 2.46. The van der Waals surface area contributed by atoms with E-state index >= 15 is 0 Å². The van der Waals surface area contributed by atoms with Gasteiger partial charge in [0, 0.05) is 4.88 Å². The van der Waals surface area contributed by atoms with Gasteiger partial charge in [-0.15, -0.1) is 11.3 Å². The molecule has 0 bridgehead atoms. The summed E-state index contributed by atoms with van der Waals surface area (Å²) in [6, 6.07) is 13.9. The second kappa shape index (κ2) is 3.97. The molecule has 0 fully saturated rings. The van der Waals surface area contributed by atoms with E-state index < -0.39 is 5.54 Å². The monoisotopic (exact) mass is 237 g/mol. The second-order valence-corrected chi connectivity index (χ2v) is 5.39. The molecule has 1 heterocycles. The van der Waals surface area contributed by atoms with Gasteiger partial charge in [0.15, 0.2) is 0 Å². The zero-order chi connectivity index (χ0) is 10.9. The van der Waals surface area contributed by atoms with Gasteiger partial charge < -0.3 is 5.73 Å². The number of rotatable bonds is 2. The van der Waals surface area contributed by atoms with E-state index in [0.717, 1.165) is 14.8 Å². The molecular weight excluding hydrogens is 226 g/mol. The fraction of sp³-hybridized carbons (Fsp3) is 0.167. The number of hydrogen-bond acceptors (Lipinski definition) is 2. The van der Waals surface area contributed by atoms with Crippen LogP contribution in [-0.2, 0) is 5.54 Å². The maximum atomic E-state index is 6.32. The van der Waals surface area contributed by atoms with E-state index in [0.29, 0.717) is 0 Å². The van der Waals surface area contributed by atoms with Crippen molar-refractivity contribution in [2.24, 2.45) is 5.73 Å². The first-order valence-electron chi connectivity index (χ1n) is 4.71. The normalized spacial score (nSPS) is 14.9. The van der Waals surface area contributed by atoms with Crippen LogP contribution in [0.15, 0.2) is 42.5 Å². The summed E-state index contributed by atoms with van der Waals surface area (Å²) >= 11 is 7.45. The van der Waals surface area contributed by atoms with Crippen molar-refractivity contribution in [3.63, 3.8) is 0 Å². The average molecular weight is 238 g/mol. The Bertz CT molecular complexity index is 448. The van der Waals surface area contributed by atoms with E-state index in [2.05, 4.69) is 0 Å². The van der Waals surface area contributed by atoms with Crippen molar-refractivity contribution >= 4 is 22.9 Å². The van der Waals surface area contributed by atoms with Crippen LogP contribution in [0.1, 0.15) is 17.4 Å². The largest absolute Gasteiger partial charge is 0.317 e. The predicted octanol–water partition coefficient (Wildman–Crippen LogP) is 3.62. The van der Waals surface area contributed by atoms with Crippen LogP contribution in [0.25, 0.3) is 0 Å². The summed E-state index contributed by atoms with van der Waals surface area (Å²) in [5, 5.41) is 0. The lowest BCUT2D eigenvalue weighted by atomic mass is 9.92. The van der Waals surface area contributed by atoms with Gasteiger partial charge in [0.25, 0.3) is 0 Å². The fourth-order valence-electron chi connectivity index (χ4n) is 1.52. The molecule has 3 heteroatoms. The fourth-order valence-corrected chi connectivity index (χ4v) is 2.64. The number of hydrogen-bond donors (Lipinski definition) is 1. The molecule has 1 aromatic carbocycles. The highest BCUT2D eigenvalue weighted by Gasteiger charge is 2.24. The van der Waals surface area contributed by atoms with Crippen molar-refractivity contribution < 1.29 is 0 Å². The summed E-state index contributed by atoms with van der Waals surface area (Å²) in [5.41, 5.74) is 6.97. The van der Waals surface area contributed by atoms with E-state index in [9.17, 15) is 0 Å². The Hall–Kier alpha value is -0.830. The van der Waals surface area contributed by atoms with Crippen molar-refractivity contribution in [2.75, 3.05) is 0 Å². The SMILES string of the molecule is CC(N)(c1ccccc1)c1ccc(Cl)s1. The van der Waals surface area contributed by atoms with Crippen molar-refractivity contribution in [1.82, 2.24) is 0 Å². The van der Waals surface area contributed by atoms with Gasteiger partial charge in [-0.1, -0.05) is 41.9 Å². The van der Waals surface area contributed by atoms with Gasteiger partial charge in [0.2, 0.25) is 0 Å². The third-order valence-corrected chi connectivity index (χ3v) is 3.93. The smallest absolute Gasteiger partial charge is 0.0932 e. The Morgan fingerprint density at radius 1 is 1.13 bits per heavy atom. The summed E-state index contributed by atoms with van der Waals surface area (Å²) < 4.78 is 0.776. The van der Waals surface area contributed by atoms with Gasteiger partial charge >= 0.3 is 0 Å². The molecule has 0 aliphatic heterocycles. The lowest BCUT2D eigenvalue weighted by Gasteiger charge is -2.23. The lowest BCUT2D eigenvalue weighted by molar-refractivity contribution is 0.617. The minimum Gasteiger partial charge on any atom is -0.317 e. The van der Waals surface area contributed by atoms with Crippen LogP contribution in [0.3, 0.4) is 0 Å². The van der Waals surface area contributed by atoms with E-state index in [4.69, 9.17) is 17.3 Å². The molecule has 0 amide bonds. The first kappa shape index (κ1) is 10.7. The molecule has 78 valence electrons. The summed E-state index contributed by atoms with van der Waals surface area (Å²) in [5.74, 6) is 0. The maximum absolute atomic E-state index is 6.32. The first-order chi connectivity index (χ1) is 7.10. The lowest BCUT2D eigenvalue weighted by Crippen LogP contribution is -2.33.